The third kappa shape index (κ3) is 3.72. The molecule has 2 rings (SSSR count). The fraction of sp³-hybridized carbons (Fsp3) is 0.286. The summed E-state index contributed by atoms with van der Waals surface area (Å²) in [5.74, 6) is 5.36. The number of rotatable bonds is 5. The van der Waals surface area contributed by atoms with Gasteiger partial charge in [0.1, 0.15) is 11.5 Å². The molecular weight excluding hydrogens is 308 g/mol. The molecule has 0 aliphatic carbocycles. The van der Waals surface area contributed by atoms with Crippen LogP contribution in [0.25, 0.3) is 0 Å². The van der Waals surface area contributed by atoms with Crippen LogP contribution in [0.3, 0.4) is 0 Å². The maximum Gasteiger partial charge on any atom is 0.271 e. The molecule has 0 aromatic carbocycles. The van der Waals surface area contributed by atoms with Crippen LogP contribution in [0.5, 0.6) is 0 Å². The van der Waals surface area contributed by atoms with E-state index in [0.29, 0.717) is 17.4 Å². The lowest BCUT2D eigenvalue weighted by molar-refractivity contribution is 0.0941. The highest BCUT2D eigenvalue weighted by atomic mass is 35.5. The second-order valence-corrected chi connectivity index (χ2v) is 6.57. The first-order chi connectivity index (χ1) is 9.94. The zero-order chi connectivity index (χ0) is 15.5. The summed E-state index contributed by atoms with van der Waals surface area (Å²) in [6.07, 6.45) is 0. The molecule has 0 aliphatic heterocycles. The zero-order valence-electron chi connectivity index (χ0n) is 11.8. The Morgan fingerprint density at radius 1 is 1.43 bits per heavy atom. The van der Waals surface area contributed by atoms with Crippen molar-refractivity contribution in [1.82, 2.24) is 10.3 Å². The van der Waals surface area contributed by atoms with Gasteiger partial charge in [0.2, 0.25) is 0 Å². The van der Waals surface area contributed by atoms with Crippen molar-refractivity contribution in [3.63, 3.8) is 0 Å². The standard InChI is InChI=1S/C14H17ClN4OS/c1-14(2,10-4-3-7-21-10)8-17-13(20)12-9(15)5-6-11(18-12)19-16/h3-7H,8,16H2,1-2H3,(H,17,20)(H,18,19). The minimum atomic E-state index is -0.318. The van der Waals surface area contributed by atoms with E-state index < -0.39 is 0 Å². The molecule has 4 N–H and O–H groups in total. The smallest absolute Gasteiger partial charge is 0.271 e. The minimum Gasteiger partial charge on any atom is -0.350 e. The second-order valence-electron chi connectivity index (χ2n) is 5.22. The number of nitrogens with two attached hydrogens (primary N) is 1. The Balaban J connectivity index is 2.08. The van der Waals surface area contributed by atoms with Crippen molar-refractivity contribution in [1.29, 1.82) is 0 Å². The first kappa shape index (κ1) is 15.8. The molecule has 5 nitrogen and oxygen atoms in total. The Hall–Kier alpha value is -1.63. The van der Waals surface area contributed by atoms with Crippen LogP contribution in [0.1, 0.15) is 29.2 Å². The second kappa shape index (κ2) is 6.43. The van der Waals surface area contributed by atoms with Crippen LogP contribution in [0.15, 0.2) is 29.6 Å². The van der Waals surface area contributed by atoms with Gasteiger partial charge in [0.05, 0.1) is 5.02 Å². The van der Waals surface area contributed by atoms with Crippen LogP contribution in [-0.4, -0.2) is 17.4 Å². The van der Waals surface area contributed by atoms with Gasteiger partial charge in [-0.2, -0.15) is 0 Å². The molecule has 2 aromatic heterocycles. The van der Waals surface area contributed by atoms with Gasteiger partial charge in [0.15, 0.2) is 0 Å². The summed E-state index contributed by atoms with van der Waals surface area (Å²) >= 11 is 7.67. The molecular formula is C14H17ClN4OS. The van der Waals surface area contributed by atoms with Crippen molar-refractivity contribution in [2.45, 2.75) is 19.3 Å². The molecule has 0 spiro atoms. The summed E-state index contributed by atoms with van der Waals surface area (Å²) in [6.45, 7) is 4.64. The quantitative estimate of drug-likeness (QED) is 0.583. The largest absolute Gasteiger partial charge is 0.350 e. The molecule has 0 atom stereocenters. The van der Waals surface area contributed by atoms with Gasteiger partial charge in [0.25, 0.3) is 5.91 Å². The molecule has 21 heavy (non-hydrogen) atoms. The third-order valence-corrected chi connectivity index (χ3v) is 4.63. The van der Waals surface area contributed by atoms with Crippen LogP contribution in [0.4, 0.5) is 5.82 Å². The van der Waals surface area contributed by atoms with E-state index in [9.17, 15) is 4.79 Å². The lowest BCUT2D eigenvalue weighted by atomic mass is 9.91. The number of nitrogens with one attached hydrogen (secondary N) is 2. The first-order valence-corrected chi connectivity index (χ1v) is 7.65. The van der Waals surface area contributed by atoms with E-state index in [1.54, 1.807) is 23.5 Å². The molecule has 0 bridgehead atoms. The Bertz CT molecular complexity index is 628. The molecule has 2 heterocycles. The monoisotopic (exact) mass is 324 g/mol. The van der Waals surface area contributed by atoms with Crippen LogP contribution in [0, 0.1) is 0 Å². The summed E-state index contributed by atoms with van der Waals surface area (Å²) in [5.41, 5.74) is 2.40. The zero-order valence-corrected chi connectivity index (χ0v) is 13.4. The molecule has 1 amide bonds. The fourth-order valence-electron chi connectivity index (χ4n) is 1.82. The normalized spacial score (nSPS) is 11.2. The number of nitrogen functional groups attached to an aromatic ring is 1. The van der Waals surface area contributed by atoms with Crippen LogP contribution < -0.4 is 16.6 Å². The van der Waals surface area contributed by atoms with Crippen molar-refractivity contribution in [2.24, 2.45) is 5.84 Å². The number of hydrazine groups is 1. The van der Waals surface area contributed by atoms with Gasteiger partial charge in [-0.05, 0) is 23.6 Å². The Labute approximate surface area is 132 Å². The van der Waals surface area contributed by atoms with E-state index in [0.717, 1.165) is 0 Å². The van der Waals surface area contributed by atoms with E-state index in [1.165, 1.54) is 4.88 Å². The molecule has 0 unspecified atom stereocenters. The van der Waals surface area contributed by atoms with E-state index in [-0.39, 0.29) is 17.0 Å². The summed E-state index contributed by atoms with van der Waals surface area (Å²) in [6, 6.07) is 7.25. The Kier molecular flexibility index (Phi) is 4.82. The highest BCUT2D eigenvalue weighted by Crippen LogP contribution is 2.26. The highest BCUT2D eigenvalue weighted by molar-refractivity contribution is 7.10. The molecule has 0 aliphatic rings. The summed E-state index contributed by atoms with van der Waals surface area (Å²) in [7, 11) is 0. The van der Waals surface area contributed by atoms with Crippen LogP contribution in [-0.2, 0) is 5.41 Å². The number of aromatic nitrogens is 1. The first-order valence-electron chi connectivity index (χ1n) is 6.39. The van der Waals surface area contributed by atoms with E-state index >= 15 is 0 Å². The maximum atomic E-state index is 12.2. The summed E-state index contributed by atoms with van der Waals surface area (Å²) in [4.78, 5) is 17.5. The minimum absolute atomic E-state index is 0.153. The van der Waals surface area contributed by atoms with Crippen molar-refractivity contribution in [3.8, 4) is 0 Å². The predicted molar refractivity (Wildman–Crippen MR) is 86.7 cm³/mol. The number of pyridine rings is 1. The number of hydrogen-bond acceptors (Lipinski definition) is 5. The molecule has 0 radical (unpaired) electrons. The molecule has 0 fully saturated rings. The van der Waals surface area contributed by atoms with Crippen molar-refractivity contribution in [2.75, 3.05) is 12.0 Å². The van der Waals surface area contributed by atoms with Gasteiger partial charge >= 0.3 is 0 Å². The number of thiophene rings is 1. The number of anilines is 1. The SMILES string of the molecule is CC(C)(CNC(=O)c1nc(NN)ccc1Cl)c1cccs1. The molecule has 2 aromatic rings. The van der Waals surface area contributed by atoms with Gasteiger partial charge in [-0.1, -0.05) is 31.5 Å². The van der Waals surface area contributed by atoms with Crippen molar-refractivity contribution in [3.05, 3.63) is 45.2 Å². The van der Waals surface area contributed by atoms with Crippen molar-refractivity contribution < 1.29 is 4.79 Å². The van der Waals surface area contributed by atoms with E-state index in [2.05, 4.69) is 35.6 Å². The highest BCUT2D eigenvalue weighted by Gasteiger charge is 2.23. The Morgan fingerprint density at radius 2 is 2.19 bits per heavy atom. The van der Waals surface area contributed by atoms with Gasteiger partial charge in [-0.3, -0.25) is 4.79 Å². The van der Waals surface area contributed by atoms with Gasteiger partial charge < -0.3 is 10.7 Å². The molecule has 112 valence electrons. The maximum absolute atomic E-state index is 12.2. The number of carbonyl (C=O) groups is 1. The third-order valence-electron chi connectivity index (χ3n) is 3.09. The predicted octanol–water partition coefficient (Wildman–Crippen LogP) is 2.79. The molecule has 0 saturated carbocycles. The van der Waals surface area contributed by atoms with Gasteiger partial charge in [0, 0.05) is 16.8 Å². The lowest BCUT2D eigenvalue weighted by Gasteiger charge is -2.23. The topological polar surface area (TPSA) is 80.0 Å². The Morgan fingerprint density at radius 3 is 2.81 bits per heavy atom. The van der Waals surface area contributed by atoms with E-state index in [4.69, 9.17) is 17.4 Å². The van der Waals surface area contributed by atoms with Crippen LogP contribution in [0.2, 0.25) is 5.02 Å². The van der Waals surface area contributed by atoms with Gasteiger partial charge in [-0.15, -0.1) is 11.3 Å². The number of hydrogen-bond donors (Lipinski definition) is 3. The summed E-state index contributed by atoms with van der Waals surface area (Å²) in [5, 5.41) is 5.19. The number of amides is 1. The van der Waals surface area contributed by atoms with Crippen LogP contribution >= 0.6 is 22.9 Å². The lowest BCUT2D eigenvalue weighted by Crippen LogP contribution is -2.36. The van der Waals surface area contributed by atoms with E-state index in [1.807, 2.05) is 11.4 Å². The van der Waals surface area contributed by atoms with Crippen molar-refractivity contribution >= 4 is 34.7 Å². The fourth-order valence-corrected chi connectivity index (χ4v) is 2.86. The van der Waals surface area contributed by atoms with Gasteiger partial charge in [-0.25, -0.2) is 10.8 Å². The average molecular weight is 325 g/mol. The molecule has 0 saturated heterocycles. The summed E-state index contributed by atoms with van der Waals surface area (Å²) < 4.78 is 0. The molecule has 7 heteroatoms. The average Bonchev–Trinajstić information content (AvgIpc) is 3.00. The number of halogens is 1. The number of nitrogens with zero attached hydrogens (tertiary/aromatic N) is 1. The number of carbonyl (C=O) groups excluding carboxylic acids is 1.